The summed E-state index contributed by atoms with van der Waals surface area (Å²) in [7, 11) is -3.72. The molecule has 0 saturated carbocycles. The highest BCUT2D eigenvalue weighted by Crippen LogP contribution is 2.16. The van der Waals surface area contributed by atoms with Gasteiger partial charge in [0.05, 0.1) is 23.1 Å². The maximum absolute atomic E-state index is 12.0. The van der Waals surface area contributed by atoms with Gasteiger partial charge in [-0.1, -0.05) is 13.8 Å². The second kappa shape index (κ2) is 5.95. The molecule has 6 heteroatoms. The summed E-state index contributed by atoms with van der Waals surface area (Å²) in [5.74, 6) is -0.389. The first kappa shape index (κ1) is 15.3. The van der Waals surface area contributed by atoms with Crippen LogP contribution in [0.25, 0.3) is 0 Å². The van der Waals surface area contributed by atoms with Crippen LogP contribution in [0.15, 0.2) is 23.1 Å². The van der Waals surface area contributed by atoms with Crippen molar-refractivity contribution >= 4 is 15.8 Å². The second-order valence-corrected chi connectivity index (χ2v) is 6.27. The van der Waals surface area contributed by atoms with E-state index in [1.807, 2.05) is 6.07 Å². The topological polar surface area (TPSA) is 87.0 Å². The lowest BCUT2D eigenvalue weighted by atomic mass is 10.1. The lowest BCUT2D eigenvalue weighted by molar-refractivity contribution is -0.120. The van der Waals surface area contributed by atoms with Gasteiger partial charge in [-0.15, -0.1) is 0 Å². The van der Waals surface area contributed by atoms with Gasteiger partial charge >= 0.3 is 0 Å². The van der Waals surface area contributed by atoms with Gasteiger partial charge in [-0.05, 0) is 30.7 Å². The van der Waals surface area contributed by atoms with Crippen molar-refractivity contribution in [3.8, 4) is 6.07 Å². The Balaban J connectivity index is 2.96. The van der Waals surface area contributed by atoms with E-state index in [2.05, 4.69) is 4.72 Å². The van der Waals surface area contributed by atoms with Crippen molar-refractivity contribution in [3.63, 3.8) is 0 Å². The molecule has 0 heterocycles. The highest BCUT2D eigenvalue weighted by molar-refractivity contribution is 7.89. The standard InChI is InChI=1S/C13H16N2O3S/c1-9(2)12(16)8-15-19(17,18)13-5-4-11(7-14)6-10(13)3/h4-6,9,15H,8H2,1-3H3. The maximum Gasteiger partial charge on any atom is 0.241 e. The molecular formula is C13H16N2O3S. The van der Waals surface area contributed by atoms with Crippen molar-refractivity contribution < 1.29 is 13.2 Å². The molecule has 0 fully saturated rings. The third kappa shape index (κ3) is 3.88. The first-order chi connectivity index (χ1) is 8.77. The molecule has 1 N–H and O–H groups in total. The number of ketones is 1. The van der Waals surface area contributed by atoms with Gasteiger partial charge in [0.1, 0.15) is 5.78 Å². The number of Topliss-reactive ketones (excluding diaryl/α,β-unsaturated/α-hetero) is 1. The van der Waals surface area contributed by atoms with Gasteiger partial charge in [-0.2, -0.15) is 5.26 Å². The van der Waals surface area contributed by atoms with E-state index in [0.717, 1.165) is 0 Å². The number of benzene rings is 1. The van der Waals surface area contributed by atoms with Crippen LogP contribution < -0.4 is 4.72 Å². The number of carbonyl (C=O) groups excluding carboxylic acids is 1. The first-order valence-electron chi connectivity index (χ1n) is 5.81. The Morgan fingerprint density at radius 2 is 2.05 bits per heavy atom. The zero-order valence-electron chi connectivity index (χ0n) is 11.1. The number of aryl methyl sites for hydroxylation is 1. The van der Waals surface area contributed by atoms with Crippen LogP contribution in [0.4, 0.5) is 0 Å². The summed E-state index contributed by atoms with van der Waals surface area (Å²) < 4.78 is 26.3. The molecule has 0 unspecified atom stereocenters. The Morgan fingerprint density at radius 3 is 2.53 bits per heavy atom. The largest absolute Gasteiger partial charge is 0.298 e. The molecule has 0 amide bonds. The number of carbonyl (C=O) groups is 1. The average molecular weight is 280 g/mol. The molecule has 0 atom stereocenters. The zero-order chi connectivity index (χ0) is 14.6. The van der Waals surface area contributed by atoms with Crippen LogP contribution in [0.3, 0.4) is 0 Å². The monoisotopic (exact) mass is 280 g/mol. The van der Waals surface area contributed by atoms with Crippen LogP contribution in [-0.4, -0.2) is 20.7 Å². The minimum absolute atomic E-state index is 0.0862. The molecular weight excluding hydrogens is 264 g/mol. The number of hydrogen-bond donors (Lipinski definition) is 1. The fourth-order valence-corrected chi connectivity index (χ4v) is 2.69. The van der Waals surface area contributed by atoms with Crippen LogP contribution in [-0.2, 0) is 14.8 Å². The van der Waals surface area contributed by atoms with Crippen molar-refractivity contribution in [2.24, 2.45) is 5.92 Å². The summed E-state index contributed by atoms with van der Waals surface area (Å²) in [6.07, 6.45) is 0. The van der Waals surface area contributed by atoms with Gasteiger partial charge in [0.2, 0.25) is 10.0 Å². The summed E-state index contributed by atoms with van der Waals surface area (Å²) in [4.78, 5) is 11.5. The fraction of sp³-hybridized carbons (Fsp3) is 0.385. The Hall–Kier alpha value is -1.71. The quantitative estimate of drug-likeness (QED) is 0.882. The highest BCUT2D eigenvalue weighted by atomic mass is 32.2. The number of nitrogens with one attached hydrogen (secondary N) is 1. The zero-order valence-corrected chi connectivity index (χ0v) is 11.9. The van der Waals surface area contributed by atoms with Crippen molar-refractivity contribution in [2.45, 2.75) is 25.7 Å². The Bertz CT molecular complexity index is 628. The minimum atomic E-state index is -3.72. The van der Waals surface area contributed by atoms with Gasteiger partial charge < -0.3 is 0 Å². The molecule has 0 aliphatic carbocycles. The molecule has 1 rings (SSSR count). The van der Waals surface area contributed by atoms with Crippen LogP contribution in [0.2, 0.25) is 0 Å². The van der Waals surface area contributed by atoms with Crippen molar-refractivity contribution in [3.05, 3.63) is 29.3 Å². The highest BCUT2D eigenvalue weighted by Gasteiger charge is 2.18. The summed E-state index contributed by atoms with van der Waals surface area (Å²) in [5.41, 5.74) is 0.873. The molecule has 0 aliphatic rings. The van der Waals surface area contributed by atoms with Crippen molar-refractivity contribution in [1.82, 2.24) is 4.72 Å². The van der Waals surface area contributed by atoms with Gasteiger partial charge in [0, 0.05) is 5.92 Å². The predicted molar refractivity (Wildman–Crippen MR) is 70.9 cm³/mol. The first-order valence-corrected chi connectivity index (χ1v) is 7.29. The molecule has 1 aromatic carbocycles. The lowest BCUT2D eigenvalue weighted by Crippen LogP contribution is -2.32. The van der Waals surface area contributed by atoms with Gasteiger partial charge in [-0.25, -0.2) is 13.1 Å². The molecule has 102 valence electrons. The number of nitriles is 1. The lowest BCUT2D eigenvalue weighted by Gasteiger charge is -2.10. The van der Waals surface area contributed by atoms with Crippen LogP contribution >= 0.6 is 0 Å². The molecule has 0 spiro atoms. The summed E-state index contributed by atoms with van der Waals surface area (Å²) in [6.45, 7) is 4.81. The third-order valence-electron chi connectivity index (χ3n) is 2.67. The SMILES string of the molecule is Cc1cc(C#N)ccc1S(=O)(=O)NCC(=O)C(C)C. The third-order valence-corrected chi connectivity index (χ3v) is 4.24. The molecule has 0 bridgehead atoms. The van der Waals surface area contributed by atoms with E-state index >= 15 is 0 Å². The Labute approximate surface area is 113 Å². The van der Waals surface area contributed by atoms with E-state index in [1.165, 1.54) is 18.2 Å². The van der Waals surface area contributed by atoms with E-state index in [1.54, 1.807) is 20.8 Å². The van der Waals surface area contributed by atoms with Crippen LogP contribution in [0.1, 0.15) is 25.0 Å². The second-order valence-electron chi connectivity index (χ2n) is 4.54. The van der Waals surface area contributed by atoms with E-state index in [4.69, 9.17) is 5.26 Å². The normalized spacial score (nSPS) is 11.3. The number of rotatable bonds is 5. The van der Waals surface area contributed by atoms with E-state index < -0.39 is 10.0 Å². The Kier molecular flexibility index (Phi) is 4.81. The molecule has 0 saturated heterocycles. The molecule has 19 heavy (non-hydrogen) atoms. The maximum atomic E-state index is 12.0. The predicted octanol–water partition coefficient (Wildman–Crippen LogP) is 1.37. The number of nitrogens with zero attached hydrogens (tertiary/aromatic N) is 1. The van der Waals surface area contributed by atoms with Crippen molar-refractivity contribution in [2.75, 3.05) is 6.54 Å². The number of hydrogen-bond acceptors (Lipinski definition) is 4. The van der Waals surface area contributed by atoms with Gasteiger partial charge in [0.25, 0.3) is 0 Å². The molecule has 1 aromatic rings. The van der Waals surface area contributed by atoms with E-state index in [-0.39, 0.29) is 23.1 Å². The van der Waals surface area contributed by atoms with Gasteiger partial charge in [-0.3, -0.25) is 4.79 Å². The molecule has 0 radical (unpaired) electrons. The van der Waals surface area contributed by atoms with Gasteiger partial charge in [0.15, 0.2) is 0 Å². The smallest absolute Gasteiger partial charge is 0.241 e. The minimum Gasteiger partial charge on any atom is -0.298 e. The summed E-state index contributed by atoms with van der Waals surface area (Å²) >= 11 is 0. The van der Waals surface area contributed by atoms with Crippen molar-refractivity contribution in [1.29, 1.82) is 5.26 Å². The Morgan fingerprint density at radius 1 is 1.42 bits per heavy atom. The molecule has 0 aromatic heterocycles. The molecule has 5 nitrogen and oxygen atoms in total. The van der Waals surface area contributed by atoms with E-state index in [9.17, 15) is 13.2 Å². The fourth-order valence-electron chi connectivity index (χ4n) is 1.47. The molecule has 0 aliphatic heterocycles. The number of sulfonamides is 1. The average Bonchev–Trinajstić information content (AvgIpc) is 2.35. The summed E-state index contributed by atoms with van der Waals surface area (Å²) in [6, 6.07) is 6.25. The van der Waals surface area contributed by atoms with E-state index in [0.29, 0.717) is 11.1 Å². The van der Waals surface area contributed by atoms with Crippen LogP contribution in [0.5, 0.6) is 0 Å². The van der Waals surface area contributed by atoms with Crippen LogP contribution in [0, 0.1) is 24.2 Å². The summed E-state index contributed by atoms with van der Waals surface area (Å²) in [5, 5.41) is 8.73.